The molecular weight excluding hydrogens is 318 g/mol. The molecule has 0 saturated carbocycles. The standard InChI is InChI=1S/C14H19N5O3S/c1-4-7-19-14(16-17-18-19)23-9-13(20)15-11-8-10(21-2)5-6-12(11)22-3/h5-6,8H,4,7,9H2,1-3H3,(H,15,20). The molecule has 2 aromatic rings. The Kier molecular flexibility index (Phi) is 6.21. The first kappa shape index (κ1) is 17.1. The highest BCUT2D eigenvalue weighted by Gasteiger charge is 2.12. The van der Waals surface area contributed by atoms with Crippen LogP contribution in [0.5, 0.6) is 11.5 Å². The molecule has 0 unspecified atom stereocenters. The van der Waals surface area contributed by atoms with Crippen molar-refractivity contribution in [3.05, 3.63) is 18.2 Å². The van der Waals surface area contributed by atoms with Gasteiger partial charge in [-0.3, -0.25) is 4.79 Å². The Morgan fingerprint density at radius 3 is 2.87 bits per heavy atom. The summed E-state index contributed by atoms with van der Waals surface area (Å²) in [5.41, 5.74) is 0.561. The number of carbonyl (C=O) groups is 1. The van der Waals surface area contributed by atoms with Gasteiger partial charge in [-0.2, -0.15) is 0 Å². The summed E-state index contributed by atoms with van der Waals surface area (Å²) in [7, 11) is 3.11. The molecule has 0 spiro atoms. The maximum absolute atomic E-state index is 12.1. The van der Waals surface area contributed by atoms with Gasteiger partial charge in [-0.05, 0) is 29.0 Å². The van der Waals surface area contributed by atoms with Crippen LogP contribution in [-0.2, 0) is 11.3 Å². The van der Waals surface area contributed by atoms with Crippen LogP contribution in [0.3, 0.4) is 0 Å². The van der Waals surface area contributed by atoms with Gasteiger partial charge in [-0.25, -0.2) is 4.68 Å². The number of benzene rings is 1. The third-order valence-electron chi connectivity index (χ3n) is 2.95. The number of rotatable bonds is 8. The summed E-state index contributed by atoms with van der Waals surface area (Å²) in [5.74, 6) is 1.23. The lowest BCUT2D eigenvalue weighted by molar-refractivity contribution is -0.113. The van der Waals surface area contributed by atoms with E-state index < -0.39 is 0 Å². The summed E-state index contributed by atoms with van der Waals surface area (Å²) in [6.45, 7) is 2.76. The van der Waals surface area contributed by atoms with Gasteiger partial charge in [0.05, 0.1) is 25.7 Å². The molecule has 1 aromatic carbocycles. The molecule has 0 atom stereocenters. The van der Waals surface area contributed by atoms with E-state index in [4.69, 9.17) is 9.47 Å². The van der Waals surface area contributed by atoms with Gasteiger partial charge < -0.3 is 14.8 Å². The Hall–Kier alpha value is -2.29. The SMILES string of the molecule is CCCn1nnnc1SCC(=O)Nc1cc(OC)ccc1OC. The smallest absolute Gasteiger partial charge is 0.234 e. The van der Waals surface area contributed by atoms with E-state index in [1.165, 1.54) is 11.8 Å². The van der Waals surface area contributed by atoms with E-state index in [0.29, 0.717) is 22.3 Å². The zero-order valence-electron chi connectivity index (χ0n) is 13.3. The van der Waals surface area contributed by atoms with Crippen LogP contribution in [0, 0.1) is 0 Å². The van der Waals surface area contributed by atoms with Crippen LogP contribution < -0.4 is 14.8 Å². The van der Waals surface area contributed by atoms with Crippen molar-refractivity contribution in [3.8, 4) is 11.5 Å². The highest BCUT2D eigenvalue weighted by atomic mass is 32.2. The van der Waals surface area contributed by atoms with Crippen LogP contribution in [-0.4, -0.2) is 46.1 Å². The molecule has 124 valence electrons. The molecule has 0 aliphatic carbocycles. The average molecular weight is 337 g/mol. The van der Waals surface area contributed by atoms with Gasteiger partial charge >= 0.3 is 0 Å². The highest BCUT2D eigenvalue weighted by molar-refractivity contribution is 7.99. The quantitative estimate of drug-likeness (QED) is 0.735. The van der Waals surface area contributed by atoms with Crippen LogP contribution in [0.1, 0.15) is 13.3 Å². The number of nitrogens with one attached hydrogen (secondary N) is 1. The van der Waals surface area contributed by atoms with Crippen LogP contribution in [0.4, 0.5) is 5.69 Å². The molecule has 0 fully saturated rings. The highest BCUT2D eigenvalue weighted by Crippen LogP contribution is 2.29. The molecule has 23 heavy (non-hydrogen) atoms. The van der Waals surface area contributed by atoms with Crippen molar-refractivity contribution in [3.63, 3.8) is 0 Å². The molecule has 1 heterocycles. The lowest BCUT2D eigenvalue weighted by Crippen LogP contribution is -2.15. The normalized spacial score (nSPS) is 10.4. The van der Waals surface area contributed by atoms with Gasteiger partial charge in [-0.15, -0.1) is 5.10 Å². The summed E-state index contributed by atoms with van der Waals surface area (Å²) >= 11 is 1.29. The third kappa shape index (κ3) is 4.59. The minimum Gasteiger partial charge on any atom is -0.497 e. The zero-order chi connectivity index (χ0) is 16.7. The first-order valence-corrected chi connectivity index (χ1v) is 8.07. The Morgan fingerprint density at radius 2 is 2.17 bits per heavy atom. The fraction of sp³-hybridized carbons (Fsp3) is 0.429. The predicted molar refractivity (Wildman–Crippen MR) is 87.0 cm³/mol. The average Bonchev–Trinajstić information content (AvgIpc) is 3.00. The summed E-state index contributed by atoms with van der Waals surface area (Å²) in [4.78, 5) is 12.1. The van der Waals surface area contributed by atoms with Gasteiger partial charge in [0.25, 0.3) is 0 Å². The molecule has 0 saturated heterocycles. The number of carbonyl (C=O) groups excluding carboxylic acids is 1. The number of amides is 1. The number of hydrogen-bond acceptors (Lipinski definition) is 7. The van der Waals surface area contributed by atoms with E-state index in [9.17, 15) is 4.79 Å². The Bertz CT molecular complexity index is 662. The zero-order valence-corrected chi connectivity index (χ0v) is 14.1. The van der Waals surface area contributed by atoms with Crippen molar-refractivity contribution < 1.29 is 14.3 Å². The number of thioether (sulfide) groups is 1. The number of aromatic nitrogens is 4. The fourth-order valence-electron chi connectivity index (χ4n) is 1.88. The maximum Gasteiger partial charge on any atom is 0.234 e. The van der Waals surface area contributed by atoms with Crippen LogP contribution in [0.2, 0.25) is 0 Å². The van der Waals surface area contributed by atoms with Gasteiger partial charge in [0.2, 0.25) is 11.1 Å². The number of hydrogen-bond donors (Lipinski definition) is 1. The van der Waals surface area contributed by atoms with Crippen molar-refractivity contribution in [1.82, 2.24) is 20.2 Å². The summed E-state index contributed by atoms with van der Waals surface area (Å²) in [5, 5.41) is 14.9. The van der Waals surface area contributed by atoms with E-state index in [1.807, 2.05) is 6.92 Å². The van der Waals surface area contributed by atoms with Gasteiger partial charge in [0.1, 0.15) is 11.5 Å². The van der Waals surface area contributed by atoms with Crippen LogP contribution in [0.25, 0.3) is 0 Å². The molecule has 1 amide bonds. The number of ether oxygens (including phenoxy) is 2. The largest absolute Gasteiger partial charge is 0.497 e. The van der Waals surface area contributed by atoms with E-state index in [-0.39, 0.29) is 11.7 Å². The van der Waals surface area contributed by atoms with Gasteiger partial charge in [0, 0.05) is 12.6 Å². The first-order chi connectivity index (χ1) is 11.2. The Balaban J connectivity index is 1.98. The lowest BCUT2D eigenvalue weighted by Gasteiger charge is -2.11. The van der Waals surface area contributed by atoms with Crippen molar-refractivity contribution in [2.45, 2.75) is 25.0 Å². The minimum atomic E-state index is -0.174. The molecular formula is C14H19N5O3S. The molecule has 1 N–H and O–H groups in total. The molecule has 9 heteroatoms. The second-order valence-corrected chi connectivity index (χ2v) is 5.53. The summed E-state index contributed by atoms with van der Waals surface area (Å²) in [6, 6.07) is 5.22. The Morgan fingerprint density at radius 1 is 1.35 bits per heavy atom. The van der Waals surface area contributed by atoms with E-state index in [0.717, 1.165) is 13.0 Å². The molecule has 0 radical (unpaired) electrons. The third-order valence-corrected chi connectivity index (χ3v) is 3.90. The Labute approximate surface area is 138 Å². The number of nitrogens with zero attached hydrogens (tertiary/aromatic N) is 4. The molecule has 0 aliphatic rings. The van der Waals surface area contributed by atoms with Crippen LogP contribution in [0.15, 0.2) is 23.4 Å². The van der Waals surface area contributed by atoms with E-state index in [1.54, 1.807) is 37.1 Å². The second-order valence-electron chi connectivity index (χ2n) is 4.59. The first-order valence-electron chi connectivity index (χ1n) is 7.08. The van der Waals surface area contributed by atoms with Gasteiger partial charge in [0.15, 0.2) is 0 Å². The van der Waals surface area contributed by atoms with Crippen molar-refractivity contribution in [2.75, 3.05) is 25.3 Å². The van der Waals surface area contributed by atoms with Gasteiger partial charge in [-0.1, -0.05) is 18.7 Å². The number of aryl methyl sites for hydroxylation is 1. The number of anilines is 1. The van der Waals surface area contributed by atoms with E-state index in [2.05, 4.69) is 20.8 Å². The van der Waals surface area contributed by atoms with Crippen molar-refractivity contribution in [1.29, 1.82) is 0 Å². The monoisotopic (exact) mass is 337 g/mol. The number of methoxy groups -OCH3 is 2. The van der Waals surface area contributed by atoms with Crippen molar-refractivity contribution in [2.24, 2.45) is 0 Å². The van der Waals surface area contributed by atoms with E-state index >= 15 is 0 Å². The maximum atomic E-state index is 12.1. The predicted octanol–water partition coefficient (Wildman–Crippen LogP) is 1.83. The second kappa shape index (κ2) is 8.37. The molecule has 0 bridgehead atoms. The number of tetrazole rings is 1. The molecule has 0 aliphatic heterocycles. The van der Waals surface area contributed by atoms with Crippen LogP contribution >= 0.6 is 11.8 Å². The summed E-state index contributed by atoms with van der Waals surface area (Å²) in [6.07, 6.45) is 0.922. The molecule has 2 rings (SSSR count). The van der Waals surface area contributed by atoms with Crippen molar-refractivity contribution >= 4 is 23.4 Å². The molecule has 1 aromatic heterocycles. The summed E-state index contributed by atoms with van der Waals surface area (Å²) < 4.78 is 12.1. The minimum absolute atomic E-state index is 0.174. The topological polar surface area (TPSA) is 91.2 Å². The lowest BCUT2D eigenvalue weighted by atomic mass is 10.2. The molecule has 8 nitrogen and oxygen atoms in total. The fourth-order valence-corrected chi connectivity index (χ4v) is 2.58.